The van der Waals surface area contributed by atoms with Gasteiger partial charge in [-0.3, -0.25) is 4.79 Å². The molecule has 0 heterocycles. The minimum Gasteiger partial charge on any atom is -0.475 e. The lowest BCUT2D eigenvalue weighted by molar-refractivity contribution is -0.146. The Morgan fingerprint density at radius 3 is 2.40 bits per heavy atom. The van der Waals surface area contributed by atoms with E-state index in [1.165, 1.54) is 11.8 Å². The Kier molecular flexibility index (Phi) is 4.12. The van der Waals surface area contributed by atoms with E-state index in [0.717, 1.165) is 11.0 Å². The van der Waals surface area contributed by atoms with E-state index in [9.17, 15) is 9.59 Å². The van der Waals surface area contributed by atoms with E-state index in [4.69, 9.17) is 5.11 Å². The molecule has 78 valence electrons. The van der Waals surface area contributed by atoms with Crippen LogP contribution < -0.4 is 0 Å². The topological polar surface area (TPSA) is 54.4 Å². The van der Waals surface area contributed by atoms with Crippen molar-refractivity contribution in [1.29, 1.82) is 0 Å². The molecule has 0 aromatic heterocycles. The van der Waals surface area contributed by atoms with Crippen molar-refractivity contribution in [3.05, 3.63) is 41.3 Å². The van der Waals surface area contributed by atoms with E-state index in [1.807, 2.05) is 30.3 Å². The zero-order valence-electron chi connectivity index (χ0n) is 8.14. The summed E-state index contributed by atoms with van der Waals surface area (Å²) in [7, 11) is 0. The molecule has 0 saturated heterocycles. The van der Waals surface area contributed by atoms with E-state index in [-0.39, 0.29) is 0 Å². The second-order valence-corrected chi connectivity index (χ2v) is 4.16. The molecular weight excluding hydrogens is 212 g/mol. The van der Waals surface area contributed by atoms with Crippen LogP contribution in [0.15, 0.2) is 46.2 Å². The molecule has 0 bridgehead atoms. The Labute approximate surface area is 91.8 Å². The van der Waals surface area contributed by atoms with Crippen LogP contribution in [-0.2, 0) is 9.59 Å². The third-order valence-corrected chi connectivity index (χ3v) is 2.51. The summed E-state index contributed by atoms with van der Waals surface area (Å²) in [5.74, 6) is -2.32. The number of carbonyl (C=O) groups is 2. The first-order valence-corrected chi connectivity index (χ1v) is 5.09. The predicted molar refractivity (Wildman–Crippen MR) is 58.7 cm³/mol. The summed E-state index contributed by atoms with van der Waals surface area (Å²) in [6, 6.07) is 9.45. The summed E-state index contributed by atoms with van der Waals surface area (Å²) in [6.07, 6.45) is 1.12. The normalized spacial score (nSPS) is 11.1. The molecule has 0 spiro atoms. The van der Waals surface area contributed by atoms with Crippen LogP contribution in [0.25, 0.3) is 0 Å². The SMILES string of the molecule is C/C(=C\C(=O)C(=O)O)Sc1ccccc1. The number of aliphatic carboxylic acids is 1. The number of thioether (sulfide) groups is 1. The van der Waals surface area contributed by atoms with Gasteiger partial charge in [0.05, 0.1) is 0 Å². The molecule has 0 radical (unpaired) electrons. The van der Waals surface area contributed by atoms with Gasteiger partial charge in [0, 0.05) is 11.0 Å². The molecule has 0 aliphatic carbocycles. The Balaban J connectivity index is 2.67. The largest absolute Gasteiger partial charge is 0.475 e. The van der Waals surface area contributed by atoms with Gasteiger partial charge in [-0.1, -0.05) is 30.0 Å². The smallest absolute Gasteiger partial charge is 0.376 e. The number of hydrogen-bond acceptors (Lipinski definition) is 3. The van der Waals surface area contributed by atoms with Crippen molar-refractivity contribution >= 4 is 23.5 Å². The lowest BCUT2D eigenvalue weighted by atomic mass is 10.3. The lowest BCUT2D eigenvalue weighted by Crippen LogP contribution is -2.08. The van der Waals surface area contributed by atoms with E-state index >= 15 is 0 Å². The molecule has 0 aliphatic heterocycles. The van der Waals surface area contributed by atoms with Crippen molar-refractivity contribution < 1.29 is 14.7 Å². The summed E-state index contributed by atoms with van der Waals surface area (Å²) in [5, 5.41) is 8.39. The summed E-state index contributed by atoms with van der Waals surface area (Å²) in [5.41, 5.74) is 0. The third kappa shape index (κ3) is 3.99. The van der Waals surface area contributed by atoms with Crippen LogP contribution >= 0.6 is 11.8 Å². The number of carboxylic acid groups (broad SMARTS) is 1. The highest BCUT2D eigenvalue weighted by molar-refractivity contribution is 8.03. The van der Waals surface area contributed by atoms with E-state index in [2.05, 4.69) is 0 Å². The van der Waals surface area contributed by atoms with Gasteiger partial charge in [-0.05, 0) is 24.0 Å². The second kappa shape index (κ2) is 5.36. The maximum absolute atomic E-state index is 10.9. The molecule has 3 nitrogen and oxygen atoms in total. The molecule has 1 N–H and O–H groups in total. The summed E-state index contributed by atoms with van der Waals surface area (Å²) >= 11 is 1.37. The van der Waals surface area contributed by atoms with E-state index < -0.39 is 11.8 Å². The van der Waals surface area contributed by atoms with Crippen molar-refractivity contribution in [2.75, 3.05) is 0 Å². The van der Waals surface area contributed by atoms with Crippen LogP contribution in [0.1, 0.15) is 6.92 Å². The third-order valence-electron chi connectivity index (χ3n) is 1.57. The van der Waals surface area contributed by atoms with Gasteiger partial charge in [0.25, 0.3) is 5.78 Å². The van der Waals surface area contributed by atoms with E-state index in [0.29, 0.717) is 4.91 Å². The van der Waals surface area contributed by atoms with Gasteiger partial charge in [-0.15, -0.1) is 0 Å². The Morgan fingerprint density at radius 2 is 1.87 bits per heavy atom. The zero-order valence-corrected chi connectivity index (χ0v) is 8.95. The number of hydrogen-bond donors (Lipinski definition) is 1. The molecule has 0 unspecified atom stereocenters. The zero-order chi connectivity index (χ0) is 11.3. The van der Waals surface area contributed by atoms with Crippen molar-refractivity contribution in [3.63, 3.8) is 0 Å². The highest BCUT2D eigenvalue weighted by atomic mass is 32.2. The second-order valence-electron chi connectivity index (χ2n) is 2.84. The number of allylic oxidation sites excluding steroid dienone is 1. The average Bonchev–Trinajstić information content (AvgIpc) is 2.18. The monoisotopic (exact) mass is 222 g/mol. The van der Waals surface area contributed by atoms with Gasteiger partial charge in [-0.2, -0.15) is 0 Å². The Morgan fingerprint density at radius 1 is 1.27 bits per heavy atom. The first-order chi connectivity index (χ1) is 7.09. The average molecular weight is 222 g/mol. The first-order valence-electron chi connectivity index (χ1n) is 4.28. The van der Waals surface area contributed by atoms with Crippen LogP contribution in [0.3, 0.4) is 0 Å². The van der Waals surface area contributed by atoms with Crippen molar-refractivity contribution in [2.24, 2.45) is 0 Å². The summed E-state index contributed by atoms with van der Waals surface area (Å²) < 4.78 is 0. The minimum atomic E-state index is -1.43. The molecule has 1 aromatic carbocycles. The number of carbonyl (C=O) groups excluding carboxylic acids is 1. The van der Waals surface area contributed by atoms with Crippen LogP contribution in [0, 0.1) is 0 Å². The molecule has 4 heteroatoms. The Hall–Kier alpha value is -1.55. The molecular formula is C11H10O3S. The van der Waals surface area contributed by atoms with E-state index in [1.54, 1.807) is 6.92 Å². The molecule has 0 fully saturated rings. The van der Waals surface area contributed by atoms with Crippen LogP contribution in [0.2, 0.25) is 0 Å². The van der Waals surface area contributed by atoms with Crippen LogP contribution in [0.4, 0.5) is 0 Å². The number of carboxylic acids is 1. The minimum absolute atomic E-state index is 0.661. The van der Waals surface area contributed by atoms with Gasteiger partial charge in [0.15, 0.2) is 0 Å². The van der Waals surface area contributed by atoms with Crippen LogP contribution in [0.5, 0.6) is 0 Å². The van der Waals surface area contributed by atoms with Gasteiger partial charge >= 0.3 is 5.97 Å². The van der Waals surface area contributed by atoms with Crippen molar-refractivity contribution in [3.8, 4) is 0 Å². The van der Waals surface area contributed by atoms with Gasteiger partial charge in [-0.25, -0.2) is 4.79 Å². The van der Waals surface area contributed by atoms with Gasteiger partial charge in [0.1, 0.15) is 0 Å². The fourth-order valence-electron chi connectivity index (χ4n) is 0.950. The fraction of sp³-hybridized carbons (Fsp3) is 0.0909. The first kappa shape index (κ1) is 11.5. The highest BCUT2D eigenvalue weighted by Crippen LogP contribution is 2.25. The molecule has 0 amide bonds. The predicted octanol–water partition coefficient (Wildman–Crippen LogP) is 2.34. The molecule has 0 saturated carbocycles. The maximum Gasteiger partial charge on any atom is 0.376 e. The quantitative estimate of drug-likeness (QED) is 0.482. The number of rotatable bonds is 4. The maximum atomic E-state index is 10.9. The molecule has 15 heavy (non-hydrogen) atoms. The lowest BCUT2D eigenvalue weighted by Gasteiger charge is -1.99. The van der Waals surface area contributed by atoms with Gasteiger partial charge in [0.2, 0.25) is 0 Å². The summed E-state index contributed by atoms with van der Waals surface area (Å²) in [4.78, 5) is 22.8. The number of benzene rings is 1. The molecule has 0 aliphatic rings. The van der Waals surface area contributed by atoms with Crippen LogP contribution in [-0.4, -0.2) is 16.9 Å². The molecule has 1 rings (SSSR count). The van der Waals surface area contributed by atoms with Crippen molar-refractivity contribution in [2.45, 2.75) is 11.8 Å². The van der Waals surface area contributed by atoms with Gasteiger partial charge < -0.3 is 5.11 Å². The Bertz CT molecular complexity index is 396. The standard InChI is InChI=1S/C11H10O3S/c1-8(7-10(12)11(13)14)15-9-5-3-2-4-6-9/h2-7H,1H3,(H,13,14)/b8-7+. The molecule has 0 atom stereocenters. The summed E-state index contributed by atoms with van der Waals surface area (Å²) in [6.45, 7) is 1.71. The fourth-order valence-corrected chi connectivity index (χ4v) is 1.78. The van der Waals surface area contributed by atoms with Crippen molar-refractivity contribution in [1.82, 2.24) is 0 Å². The highest BCUT2D eigenvalue weighted by Gasteiger charge is 2.08. The molecule has 1 aromatic rings. The number of ketones is 1.